The van der Waals surface area contributed by atoms with Gasteiger partial charge in [0, 0.05) is 6.04 Å². The summed E-state index contributed by atoms with van der Waals surface area (Å²) in [5.41, 5.74) is 5.96. The maximum absolute atomic E-state index is 12.5. The van der Waals surface area contributed by atoms with Crippen molar-refractivity contribution >= 4 is 5.96 Å². The summed E-state index contributed by atoms with van der Waals surface area (Å²) in [5, 5.41) is 0. The Balaban J connectivity index is 2.24. The van der Waals surface area contributed by atoms with E-state index in [9.17, 15) is 13.2 Å². The molecule has 1 aromatic carbocycles. The van der Waals surface area contributed by atoms with Gasteiger partial charge in [0.25, 0.3) is 0 Å². The molecule has 0 fully saturated rings. The molecule has 3 nitrogen and oxygen atoms in total. The Labute approximate surface area is 109 Å². The molecule has 104 valence electrons. The molecule has 0 radical (unpaired) electrons. The molecule has 0 spiro atoms. The average molecular weight is 271 g/mol. The molecular formula is C13H16F3N3. The molecule has 0 aliphatic carbocycles. The maximum Gasteiger partial charge on any atom is 0.416 e. The van der Waals surface area contributed by atoms with Crippen LogP contribution in [0.5, 0.6) is 0 Å². The molecule has 1 aromatic rings. The van der Waals surface area contributed by atoms with Crippen LogP contribution in [0.3, 0.4) is 0 Å². The van der Waals surface area contributed by atoms with Crippen molar-refractivity contribution in [2.75, 3.05) is 6.54 Å². The van der Waals surface area contributed by atoms with Crippen LogP contribution >= 0.6 is 0 Å². The first-order valence-electron chi connectivity index (χ1n) is 6.06. The van der Waals surface area contributed by atoms with Crippen LogP contribution in [-0.4, -0.2) is 23.4 Å². The van der Waals surface area contributed by atoms with Crippen LogP contribution in [-0.2, 0) is 6.18 Å². The van der Waals surface area contributed by atoms with Crippen molar-refractivity contribution in [1.29, 1.82) is 0 Å². The summed E-state index contributed by atoms with van der Waals surface area (Å²) >= 11 is 0. The van der Waals surface area contributed by atoms with Crippen LogP contribution in [0.25, 0.3) is 0 Å². The predicted molar refractivity (Wildman–Crippen MR) is 67.6 cm³/mol. The van der Waals surface area contributed by atoms with Gasteiger partial charge in [0.2, 0.25) is 0 Å². The summed E-state index contributed by atoms with van der Waals surface area (Å²) < 4.78 is 37.5. The Morgan fingerprint density at radius 3 is 2.32 bits per heavy atom. The lowest BCUT2D eigenvalue weighted by molar-refractivity contribution is -0.137. The third-order valence-electron chi connectivity index (χ3n) is 3.21. The third kappa shape index (κ3) is 2.67. The largest absolute Gasteiger partial charge is 0.416 e. The van der Waals surface area contributed by atoms with Crippen LogP contribution in [0.4, 0.5) is 13.2 Å². The van der Waals surface area contributed by atoms with E-state index in [1.54, 1.807) is 0 Å². The van der Waals surface area contributed by atoms with Gasteiger partial charge in [-0.05, 0) is 31.5 Å². The summed E-state index contributed by atoms with van der Waals surface area (Å²) in [4.78, 5) is 6.09. The first kappa shape index (κ1) is 13.7. The number of nitrogens with two attached hydrogens (primary N) is 1. The van der Waals surface area contributed by atoms with Crippen LogP contribution in [0.1, 0.15) is 31.0 Å². The number of hydrogen-bond donors (Lipinski definition) is 1. The fraction of sp³-hybridized carbons (Fsp3) is 0.462. The summed E-state index contributed by atoms with van der Waals surface area (Å²) in [6.07, 6.45) is -4.30. The Morgan fingerprint density at radius 2 is 1.84 bits per heavy atom. The van der Waals surface area contributed by atoms with E-state index in [1.165, 1.54) is 12.1 Å². The van der Waals surface area contributed by atoms with Gasteiger partial charge in [0.15, 0.2) is 5.96 Å². The molecule has 0 saturated carbocycles. The number of rotatable bonds is 2. The molecule has 2 N–H and O–H groups in total. The zero-order chi connectivity index (χ0) is 14.2. The topological polar surface area (TPSA) is 41.6 Å². The van der Waals surface area contributed by atoms with Crippen molar-refractivity contribution in [3.63, 3.8) is 0 Å². The Hall–Kier alpha value is -1.72. The molecular weight excluding hydrogens is 255 g/mol. The van der Waals surface area contributed by atoms with Gasteiger partial charge in [0.1, 0.15) is 0 Å². The second-order valence-corrected chi connectivity index (χ2v) is 4.84. The number of halogens is 3. The minimum absolute atomic E-state index is 0.0812. The van der Waals surface area contributed by atoms with Crippen molar-refractivity contribution in [3.05, 3.63) is 35.4 Å². The van der Waals surface area contributed by atoms with Crippen molar-refractivity contribution in [2.45, 2.75) is 32.1 Å². The third-order valence-corrected chi connectivity index (χ3v) is 3.21. The van der Waals surface area contributed by atoms with E-state index in [0.29, 0.717) is 12.5 Å². The molecule has 6 heteroatoms. The van der Waals surface area contributed by atoms with Gasteiger partial charge < -0.3 is 10.6 Å². The number of nitrogens with zero attached hydrogens (tertiary/aromatic N) is 2. The zero-order valence-corrected chi connectivity index (χ0v) is 10.8. The molecule has 0 bridgehead atoms. The molecule has 1 aliphatic heterocycles. The molecule has 1 heterocycles. The molecule has 19 heavy (non-hydrogen) atoms. The van der Waals surface area contributed by atoms with E-state index >= 15 is 0 Å². The second-order valence-electron chi connectivity index (χ2n) is 4.84. The van der Waals surface area contributed by atoms with Crippen LogP contribution in [0.2, 0.25) is 0 Å². The van der Waals surface area contributed by atoms with Crippen LogP contribution in [0.15, 0.2) is 29.3 Å². The quantitative estimate of drug-likeness (QED) is 0.898. The number of aliphatic imine (C=N–C) groups is 1. The van der Waals surface area contributed by atoms with E-state index in [1.807, 2.05) is 18.7 Å². The smallest absolute Gasteiger partial charge is 0.370 e. The molecule has 1 aliphatic rings. The lowest BCUT2D eigenvalue weighted by atomic mass is 10.0. The van der Waals surface area contributed by atoms with Gasteiger partial charge in [-0.25, -0.2) is 0 Å². The van der Waals surface area contributed by atoms with Crippen molar-refractivity contribution in [1.82, 2.24) is 4.90 Å². The van der Waals surface area contributed by atoms with Crippen molar-refractivity contribution in [2.24, 2.45) is 10.7 Å². The second kappa shape index (κ2) is 4.75. The molecule has 0 saturated heterocycles. The first-order valence-corrected chi connectivity index (χ1v) is 6.06. The van der Waals surface area contributed by atoms with Crippen LogP contribution in [0, 0.1) is 0 Å². The highest BCUT2D eigenvalue weighted by Crippen LogP contribution is 2.32. The van der Waals surface area contributed by atoms with Gasteiger partial charge in [-0.15, -0.1) is 0 Å². The molecule has 0 amide bonds. The number of alkyl halides is 3. The van der Waals surface area contributed by atoms with Crippen molar-refractivity contribution in [3.8, 4) is 0 Å². The Morgan fingerprint density at radius 1 is 1.26 bits per heavy atom. The van der Waals surface area contributed by atoms with Gasteiger partial charge >= 0.3 is 6.18 Å². The number of guanidine groups is 1. The fourth-order valence-corrected chi connectivity index (χ4v) is 2.29. The number of benzene rings is 1. The lowest BCUT2D eigenvalue weighted by Gasteiger charge is -2.30. The normalized spacial score (nSPS) is 20.0. The maximum atomic E-state index is 12.5. The average Bonchev–Trinajstić information content (AvgIpc) is 2.70. The summed E-state index contributed by atoms with van der Waals surface area (Å²) in [6.45, 7) is 4.44. The van der Waals surface area contributed by atoms with E-state index in [-0.39, 0.29) is 12.1 Å². The standard InChI is InChI=1S/C13H16F3N3/c1-8(2)19-11(7-18-12(19)17)9-3-5-10(6-4-9)13(14,15)16/h3-6,8,11H,7H2,1-2H3,(H2,17,18). The summed E-state index contributed by atoms with van der Waals surface area (Å²) in [6, 6.07) is 5.26. The molecule has 1 unspecified atom stereocenters. The Kier molecular flexibility index (Phi) is 3.43. The van der Waals surface area contributed by atoms with Gasteiger partial charge in [-0.2, -0.15) is 13.2 Å². The van der Waals surface area contributed by atoms with Gasteiger partial charge in [-0.3, -0.25) is 4.99 Å². The SMILES string of the molecule is CC(C)N1C(N)=NCC1c1ccc(C(F)(F)F)cc1. The van der Waals surface area contributed by atoms with E-state index in [4.69, 9.17) is 5.73 Å². The monoisotopic (exact) mass is 271 g/mol. The Bertz CT molecular complexity index is 477. The van der Waals surface area contributed by atoms with Gasteiger partial charge in [-0.1, -0.05) is 12.1 Å². The highest BCUT2D eigenvalue weighted by Gasteiger charge is 2.32. The lowest BCUT2D eigenvalue weighted by Crippen LogP contribution is -2.40. The fourth-order valence-electron chi connectivity index (χ4n) is 2.29. The minimum Gasteiger partial charge on any atom is -0.370 e. The zero-order valence-electron chi connectivity index (χ0n) is 10.8. The highest BCUT2D eigenvalue weighted by molar-refractivity contribution is 5.80. The van der Waals surface area contributed by atoms with Crippen LogP contribution < -0.4 is 5.73 Å². The minimum atomic E-state index is -4.30. The van der Waals surface area contributed by atoms with E-state index in [0.717, 1.165) is 17.7 Å². The van der Waals surface area contributed by atoms with Crippen molar-refractivity contribution < 1.29 is 13.2 Å². The molecule has 1 atom stereocenters. The van der Waals surface area contributed by atoms with E-state index in [2.05, 4.69) is 4.99 Å². The van der Waals surface area contributed by atoms with E-state index < -0.39 is 11.7 Å². The highest BCUT2D eigenvalue weighted by atomic mass is 19.4. The predicted octanol–water partition coefficient (Wildman–Crippen LogP) is 2.79. The first-order chi connectivity index (χ1) is 8.80. The summed E-state index contributed by atoms with van der Waals surface area (Å²) in [5.74, 6) is 0.444. The van der Waals surface area contributed by atoms with Gasteiger partial charge in [0.05, 0.1) is 18.2 Å². The summed E-state index contributed by atoms with van der Waals surface area (Å²) in [7, 11) is 0. The molecule has 0 aromatic heterocycles. The number of hydrogen-bond acceptors (Lipinski definition) is 3. The molecule has 2 rings (SSSR count).